The van der Waals surface area contributed by atoms with Crippen molar-refractivity contribution < 1.29 is 14.3 Å². The molecule has 1 aliphatic rings. The summed E-state index contributed by atoms with van der Waals surface area (Å²) in [7, 11) is 3.94. The van der Waals surface area contributed by atoms with Gasteiger partial charge in [-0.2, -0.15) is 0 Å². The molecule has 1 aliphatic heterocycles. The van der Waals surface area contributed by atoms with E-state index in [1.165, 1.54) is 0 Å². The summed E-state index contributed by atoms with van der Waals surface area (Å²) < 4.78 is 5.05. The van der Waals surface area contributed by atoms with E-state index in [-0.39, 0.29) is 12.0 Å². The fraction of sp³-hybridized carbons (Fsp3) is 0.381. The van der Waals surface area contributed by atoms with E-state index in [1.54, 1.807) is 24.2 Å². The van der Waals surface area contributed by atoms with Gasteiger partial charge in [-0.1, -0.05) is 0 Å². The van der Waals surface area contributed by atoms with Crippen molar-refractivity contribution in [2.24, 2.45) is 0 Å². The van der Waals surface area contributed by atoms with E-state index in [0.717, 1.165) is 17.1 Å². The molecule has 0 aliphatic carbocycles. The number of nitrogens with zero attached hydrogens (tertiary/aromatic N) is 4. The summed E-state index contributed by atoms with van der Waals surface area (Å²) >= 11 is 0. The van der Waals surface area contributed by atoms with Gasteiger partial charge in [0.05, 0.1) is 24.1 Å². The molecule has 0 saturated carbocycles. The third-order valence-corrected chi connectivity index (χ3v) is 4.80. The van der Waals surface area contributed by atoms with Gasteiger partial charge in [0.2, 0.25) is 0 Å². The Morgan fingerprint density at radius 3 is 2.41 bits per heavy atom. The molecule has 1 aromatic carbocycles. The number of hydrogen-bond donors (Lipinski definition) is 1. The SMILES string of the molecule is CCOC(=O)N1CCN(c2cncc(C(=O)Nc3ccc(N(C)C)cc3)c2)CC1. The second-order valence-electron chi connectivity index (χ2n) is 7.00. The molecule has 0 spiro atoms. The van der Waals surface area contributed by atoms with Gasteiger partial charge in [0.25, 0.3) is 5.91 Å². The van der Waals surface area contributed by atoms with Gasteiger partial charge in [-0.05, 0) is 37.3 Å². The molecule has 0 atom stereocenters. The number of nitrogens with one attached hydrogen (secondary N) is 1. The summed E-state index contributed by atoms with van der Waals surface area (Å²) in [5.41, 5.74) is 3.15. The molecule has 29 heavy (non-hydrogen) atoms. The second kappa shape index (κ2) is 9.27. The highest BCUT2D eigenvalue weighted by molar-refractivity contribution is 6.04. The molecule has 0 radical (unpaired) electrons. The number of carbonyl (C=O) groups is 2. The first-order chi connectivity index (χ1) is 14.0. The van der Waals surface area contributed by atoms with Crippen LogP contribution < -0.4 is 15.1 Å². The number of rotatable bonds is 5. The monoisotopic (exact) mass is 397 g/mol. The standard InChI is InChI=1S/C21H27N5O3/c1-4-29-21(28)26-11-9-25(10-12-26)19-13-16(14-22-15-19)20(27)23-17-5-7-18(8-6-17)24(2)3/h5-8,13-15H,4,9-12H2,1-3H3,(H,23,27). The van der Waals surface area contributed by atoms with Gasteiger partial charge in [0, 0.05) is 57.8 Å². The van der Waals surface area contributed by atoms with Crippen molar-refractivity contribution in [3.8, 4) is 0 Å². The Morgan fingerprint density at radius 1 is 1.10 bits per heavy atom. The lowest BCUT2D eigenvalue weighted by Crippen LogP contribution is -2.49. The van der Waals surface area contributed by atoms with Crippen molar-refractivity contribution in [1.29, 1.82) is 0 Å². The first-order valence-corrected chi connectivity index (χ1v) is 9.68. The van der Waals surface area contributed by atoms with Crippen molar-refractivity contribution in [1.82, 2.24) is 9.88 Å². The number of carbonyl (C=O) groups excluding carboxylic acids is 2. The van der Waals surface area contributed by atoms with E-state index in [2.05, 4.69) is 15.2 Å². The molecule has 2 heterocycles. The summed E-state index contributed by atoms with van der Waals surface area (Å²) in [6.07, 6.45) is 3.02. The van der Waals surface area contributed by atoms with Crippen LogP contribution in [-0.4, -0.2) is 68.8 Å². The summed E-state index contributed by atoms with van der Waals surface area (Å²) in [4.78, 5) is 34.5. The predicted octanol–water partition coefficient (Wildman–Crippen LogP) is 2.68. The van der Waals surface area contributed by atoms with Crippen LogP contribution in [0, 0.1) is 0 Å². The largest absolute Gasteiger partial charge is 0.450 e. The number of hydrogen-bond acceptors (Lipinski definition) is 6. The van der Waals surface area contributed by atoms with Crippen molar-refractivity contribution in [2.45, 2.75) is 6.92 Å². The minimum atomic E-state index is -0.279. The molecule has 1 saturated heterocycles. The van der Waals surface area contributed by atoms with Crippen LogP contribution >= 0.6 is 0 Å². The summed E-state index contributed by atoms with van der Waals surface area (Å²) in [6.45, 7) is 4.65. The fourth-order valence-corrected chi connectivity index (χ4v) is 3.13. The minimum Gasteiger partial charge on any atom is -0.450 e. The Morgan fingerprint density at radius 2 is 1.79 bits per heavy atom. The number of anilines is 3. The Kier molecular flexibility index (Phi) is 6.54. The number of benzene rings is 1. The van der Waals surface area contributed by atoms with Gasteiger partial charge in [0.15, 0.2) is 0 Å². The lowest BCUT2D eigenvalue weighted by atomic mass is 10.2. The minimum absolute atomic E-state index is 0.206. The molecular formula is C21H27N5O3. The third-order valence-electron chi connectivity index (χ3n) is 4.80. The first-order valence-electron chi connectivity index (χ1n) is 9.68. The van der Waals surface area contributed by atoms with Crippen LogP contribution in [0.3, 0.4) is 0 Å². The highest BCUT2D eigenvalue weighted by Crippen LogP contribution is 2.19. The molecule has 0 unspecified atom stereocenters. The lowest BCUT2D eigenvalue weighted by molar-refractivity contribution is 0.102. The van der Waals surface area contributed by atoms with Crippen molar-refractivity contribution >= 4 is 29.1 Å². The fourth-order valence-electron chi connectivity index (χ4n) is 3.13. The number of aromatic nitrogens is 1. The Balaban J connectivity index is 1.62. The van der Waals surface area contributed by atoms with Gasteiger partial charge in [0.1, 0.15) is 0 Å². The zero-order chi connectivity index (χ0) is 20.8. The van der Waals surface area contributed by atoms with Crippen LogP contribution in [-0.2, 0) is 4.74 Å². The molecule has 1 fully saturated rings. The molecule has 154 valence electrons. The Hall–Kier alpha value is -3.29. The third kappa shape index (κ3) is 5.16. The molecule has 0 bridgehead atoms. The number of pyridine rings is 1. The smallest absolute Gasteiger partial charge is 0.409 e. The van der Waals surface area contributed by atoms with Crippen molar-refractivity contribution in [3.05, 3.63) is 48.3 Å². The zero-order valence-electron chi connectivity index (χ0n) is 17.1. The molecule has 2 aromatic rings. The lowest BCUT2D eigenvalue weighted by Gasteiger charge is -2.35. The number of ether oxygens (including phenoxy) is 1. The van der Waals surface area contributed by atoms with Crippen molar-refractivity contribution in [2.75, 3.05) is 62.0 Å². The van der Waals surface area contributed by atoms with E-state index in [4.69, 9.17) is 4.74 Å². The first kappa shape index (κ1) is 20.4. The van der Waals surface area contributed by atoms with Gasteiger partial charge in [-0.15, -0.1) is 0 Å². The second-order valence-corrected chi connectivity index (χ2v) is 7.00. The zero-order valence-corrected chi connectivity index (χ0v) is 17.1. The number of piperazine rings is 1. The van der Waals surface area contributed by atoms with Crippen LogP contribution in [0.15, 0.2) is 42.7 Å². The summed E-state index contributed by atoms with van der Waals surface area (Å²) in [5, 5.41) is 2.91. The van der Waals surface area contributed by atoms with Crippen LogP contribution in [0.5, 0.6) is 0 Å². The number of amides is 2. The molecule has 3 rings (SSSR count). The van der Waals surface area contributed by atoms with E-state index >= 15 is 0 Å². The Labute approximate surface area is 171 Å². The van der Waals surface area contributed by atoms with E-state index in [1.807, 2.05) is 49.3 Å². The molecule has 2 amide bonds. The predicted molar refractivity (Wildman–Crippen MR) is 114 cm³/mol. The van der Waals surface area contributed by atoms with E-state index in [0.29, 0.717) is 38.3 Å². The van der Waals surface area contributed by atoms with Gasteiger partial charge in [-0.25, -0.2) is 4.79 Å². The molecule has 8 heteroatoms. The Bertz CT molecular complexity index is 846. The van der Waals surface area contributed by atoms with Crippen LogP contribution in [0.4, 0.5) is 21.9 Å². The average molecular weight is 397 g/mol. The van der Waals surface area contributed by atoms with E-state index < -0.39 is 0 Å². The van der Waals surface area contributed by atoms with Gasteiger partial charge >= 0.3 is 6.09 Å². The molecule has 1 aromatic heterocycles. The van der Waals surface area contributed by atoms with Crippen LogP contribution in [0.2, 0.25) is 0 Å². The van der Waals surface area contributed by atoms with E-state index in [9.17, 15) is 9.59 Å². The summed E-state index contributed by atoms with van der Waals surface area (Å²) in [6, 6.07) is 9.48. The maximum atomic E-state index is 12.6. The van der Waals surface area contributed by atoms with Crippen LogP contribution in [0.25, 0.3) is 0 Å². The van der Waals surface area contributed by atoms with Crippen LogP contribution in [0.1, 0.15) is 17.3 Å². The maximum Gasteiger partial charge on any atom is 0.409 e. The quantitative estimate of drug-likeness (QED) is 0.836. The molecular weight excluding hydrogens is 370 g/mol. The highest BCUT2D eigenvalue weighted by Gasteiger charge is 2.22. The average Bonchev–Trinajstić information content (AvgIpc) is 2.74. The molecule has 1 N–H and O–H groups in total. The topological polar surface area (TPSA) is 78.0 Å². The van der Waals surface area contributed by atoms with Crippen molar-refractivity contribution in [3.63, 3.8) is 0 Å². The van der Waals surface area contributed by atoms with Gasteiger partial charge in [-0.3, -0.25) is 9.78 Å². The maximum absolute atomic E-state index is 12.6. The molecule has 8 nitrogen and oxygen atoms in total. The summed E-state index contributed by atoms with van der Waals surface area (Å²) in [5.74, 6) is -0.206. The highest BCUT2D eigenvalue weighted by atomic mass is 16.6. The van der Waals surface area contributed by atoms with Gasteiger partial charge < -0.3 is 24.8 Å². The normalized spacial score (nSPS) is 13.8.